The van der Waals surface area contributed by atoms with Crippen LogP contribution in [0.2, 0.25) is 0 Å². The van der Waals surface area contributed by atoms with Crippen molar-refractivity contribution in [3.05, 3.63) is 39.9 Å². The molecule has 0 bridgehead atoms. The van der Waals surface area contributed by atoms with E-state index < -0.39 is 16.9 Å². The predicted molar refractivity (Wildman–Crippen MR) is 91.3 cm³/mol. The lowest BCUT2D eigenvalue weighted by Gasteiger charge is -2.24. The molecule has 1 aliphatic rings. The Labute approximate surface area is 146 Å². The number of hydrogen-bond acceptors (Lipinski definition) is 5. The Morgan fingerprint density at radius 2 is 2.08 bits per heavy atom. The summed E-state index contributed by atoms with van der Waals surface area (Å²) in [5, 5.41) is 16.6. The predicted octanol–water partition coefficient (Wildman–Crippen LogP) is 0.957. The van der Waals surface area contributed by atoms with Crippen molar-refractivity contribution in [2.45, 2.75) is 19.4 Å². The normalized spacial score (nSPS) is 15.6. The molecule has 2 amide bonds. The molecule has 1 atom stereocenters. The molecule has 0 spiro atoms. The van der Waals surface area contributed by atoms with Gasteiger partial charge in [0, 0.05) is 37.3 Å². The molecule has 2 rings (SSSR count). The minimum absolute atomic E-state index is 0. The average Bonchev–Trinajstić information content (AvgIpc) is 2.83. The van der Waals surface area contributed by atoms with Crippen molar-refractivity contribution in [2.75, 3.05) is 26.2 Å². The highest BCUT2D eigenvalue weighted by atomic mass is 35.5. The molecule has 0 aromatic heterocycles. The SMILES string of the molecule is CC(NC(=O)c1cccc([N+](=O)[O-])c1)C(=O)N1CCCNCC1.Cl. The van der Waals surface area contributed by atoms with Gasteiger partial charge in [-0.3, -0.25) is 19.7 Å². The van der Waals surface area contributed by atoms with Crippen LogP contribution in [0.25, 0.3) is 0 Å². The van der Waals surface area contributed by atoms with Gasteiger partial charge >= 0.3 is 0 Å². The maximum Gasteiger partial charge on any atom is 0.270 e. The van der Waals surface area contributed by atoms with Crippen molar-refractivity contribution in [3.63, 3.8) is 0 Å². The van der Waals surface area contributed by atoms with Gasteiger partial charge in [0.2, 0.25) is 5.91 Å². The molecule has 132 valence electrons. The highest BCUT2D eigenvalue weighted by molar-refractivity contribution is 5.97. The van der Waals surface area contributed by atoms with Gasteiger partial charge in [0.25, 0.3) is 11.6 Å². The molecule has 0 radical (unpaired) electrons. The Bertz CT molecular complexity index is 603. The van der Waals surface area contributed by atoms with Gasteiger partial charge in [0.05, 0.1) is 4.92 Å². The van der Waals surface area contributed by atoms with E-state index in [1.54, 1.807) is 11.8 Å². The van der Waals surface area contributed by atoms with Crippen molar-refractivity contribution in [1.29, 1.82) is 0 Å². The highest BCUT2D eigenvalue weighted by Crippen LogP contribution is 2.13. The molecule has 1 unspecified atom stereocenters. The number of carbonyl (C=O) groups excluding carboxylic acids is 2. The summed E-state index contributed by atoms with van der Waals surface area (Å²) in [5.41, 5.74) is 0.00612. The summed E-state index contributed by atoms with van der Waals surface area (Å²) in [6.07, 6.45) is 0.872. The minimum Gasteiger partial charge on any atom is -0.341 e. The number of nitrogens with zero attached hydrogens (tertiary/aromatic N) is 2. The van der Waals surface area contributed by atoms with E-state index in [4.69, 9.17) is 0 Å². The van der Waals surface area contributed by atoms with Crippen molar-refractivity contribution in [2.24, 2.45) is 0 Å². The smallest absolute Gasteiger partial charge is 0.270 e. The minimum atomic E-state index is -0.681. The standard InChI is InChI=1S/C15H20N4O4.ClH/c1-11(15(21)18-8-3-6-16-7-9-18)17-14(20)12-4-2-5-13(10-12)19(22)23;/h2,4-5,10-11,16H,3,6-9H2,1H3,(H,17,20);1H. The van der Waals surface area contributed by atoms with E-state index in [-0.39, 0.29) is 29.6 Å². The van der Waals surface area contributed by atoms with Gasteiger partial charge in [0.15, 0.2) is 0 Å². The van der Waals surface area contributed by atoms with Crippen molar-refractivity contribution >= 4 is 29.9 Å². The number of benzene rings is 1. The van der Waals surface area contributed by atoms with E-state index in [0.717, 1.165) is 19.5 Å². The van der Waals surface area contributed by atoms with Crippen LogP contribution in [0, 0.1) is 10.1 Å². The molecule has 1 aromatic carbocycles. The third-order valence-electron chi connectivity index (χ3n) is 3.69. The molecule has 0 aliphatic carbocycles. The zero-order valence-corrected chi connectivity index (χ0v) is 14.2. The molecule has 9 heteroatoms. The van der Waals surface area contributed by atoms with Crippen LogP contribution in [-0.4, -0.2) is 53.9 Å². The summed E-state index contributed by atoms with van der Waals surface area (Å²) in [5.74, 6) is -0.644. The quantitative estimate of drug-likeness (QED) is 0.617. The summed E-state index contributed by atoms with van der Waals surface area (Å²) >= 11 is 0. The molecule has 1 aromatic rings. The fourth-order valence-corrected chi connectivity index (χ4v) is 2.44. The Balaban J connectivity index is 0.00000288. The van der Waals surface area contributed by atoms with Crippen LogP contribution in [0.15, 0.2) is 24.3 Å². The highest BCUT2D eigenvalue weighted by Gasteiger charge is 2.23. The van der Waals surface area contributed by atoms with Crippen LogP contribution in [0.5, 0.6) is 0 Å². The molecule has 1 saturated heterocycles. The monoisotopic (exact) mass is 356 g/mol. The molecule has 1 aliphatic heterocycles. The topological polar surface area (TPSA) is 105 Å². The zero-order valence-electron chi connectivity index (χ0n) is 13.4. The first-order valence-corrected chi connectivity index (χ1v) is 7.54. The number of carbonyl (C=O) groups is 2. The summed E-state index contributed by atoms with van der Waals surface area (Å²) in [4.78, 5) is 36.4. The molecule has 1 fully saturated rings. The zero-order chi connectivity index (χ0) is 16.8. The fraction of sp³-hybridized carbons (Fsp3) is 0.467. The average molecular weight is 357 g/mol. The summed E-state index contributed by atoms with van der Waals surface area (Å²) in [7, 11) is 0. The number of nitro groups is 1. The molecule has 8 nitrogen and oxygen atoms in total. The first-order chi connectivity index (χ1) is 11.0. The van der Waals surface area contributed by atoms with E-state index >= 15 is 0 Å². The lowest BCUT2D eigenvalue weighted by Crippen LogP contribution is -2.47. The Kier molecular flexibility index (Phi) is 7.60. The van der Waals surface area contributed by atoms with Crippen LogP contribution < -0.4 is 10.6 Å². The lowest BCUT2D eigenvalue weighted by atomic mass is 10.1. The molecule has 0 saturated carbocycles. The molecular formula is C15H21ClN4O4. The third-order valence-corrected chi connectivity index (χ3v) is 3.69. The van der Waals surface area contributed by atoms with Gasteiger partial charge < -0.3 is 15.5 Å². The largest absolute Gasteiger partial charge is 0.341 e. The van der Waals surface area contributed by atoms with Crippen LogP contribution in [0.1, 0.15) is 23.7 Å². The second kappa shape index (κ2) is 9.19. The molecule has 2 N–H and O–H groups in total. The summed E-state index contributed by atoms with van der Waals surface area (Å²) < 4.78 is 0. The number of non-ortho nitro benzene ring substituents is 1. The number of hydrogen-bond donors (Lipinski definition) is 2. The molecule has 24 heavy (non-hydrogen) atoms. The third kappa shape index (κ3) is 5.17. The maximum atomic E-state index is 12.4. The van der Waals surface area contributed by atoms with Gasteiger partial charge in [-0.1, -0.05) is 6.07 Å². The van der Waals surface area contributed by atoms with Crippen LogP contribution in [0.3, 0.4) is 0 Å². The number of nitro benzene ring substituents is 1. The number of nitrogens with one attached hydrogen (secondary N) is 2. The van der Waals surface area contributed by atoms with E-state index in [0.29, 0.717) is 13.1 Å². The van der Waals surface area contributed by atoms with Gasteiger partial charge in [-0.15, -0.1) is 12.4 Å². The summed E-state index contributed by atoms with van der Waals surface area (Å²) in [6, 6.07) is 4.76. The number of halogens is 1. The Hall–Kier alpha value is -2.19. The van der Waals surface area contributed by atoms with Crippen LogP contribution in [0.4, 0.5) is 5.69 Å². The maximum absolute atomic E-state index is 12.4. The van der Waals surface area contributed by atoms with E-state index in [9.17, 15) is 19.7 Å². The second-order valence-electron chi connectivity index (χ2n) is 5.43. The number of rotatable bonds is 4. The van der Waals surface area contributed by atoms with Crippen LogP contribution in [-0.2, 0) is 4.79 Å². The second-order valence-corrected chi connectivity index (χ2v) is 5.43. The fourth-order valence-electron chi connectivity index (χ4n) is 2.44. The Morgan fingerprint density at radius 3 is 2.79 bits per heavy atom. The van der Waals surface area contributed by atoms with Gasteiger partial charge in [-0.2, -0.15) is 0 Å². The summed E-state index contributed by atoms with van der Waals surface area (Å²) in [6.45, 7) is 4.49. The first kappa shape index (κ1) is 19.9. The lowest BCUT2D eigenvalue weighted by molar-refractivity contribution is -0.384. The van der Waals surface area contributed by atoms with Gasteiger partial charge in [0.1, 0.15) is 6.04 Å². The number of amides is 2. The molecule has 1 heterocycles. The first-order valence-electron chi connectivity index (χ1n) is 7.54. The van der Waals surface area contributed by atoms with Gasteiger partial charge in [-0.05, 0) is 26.0 Å². The van der Waals surface area contributed by atoms with Crippen LogP contribution >= 0.6 is 12.4 Å². The molecular weight excluding hydrogens is 336 g/mol. The van der Waals surface area contributed by atoms with E-state index in [2.05, 4.69) is 10.6 Å². The van der Waals surface area contributed by atoms with E-state index in [1.165, 1.54) is 24.3 Å². The van der Waals surface area contributed by atoms with E-state index in [1.807, 2.05) is 0 Å². The Morgan fingerprint density at radius 1 is 1.33 bits per heavy atom. The van der Waals surface area contributed by atoms with Crippen molar-refractivity contribution in [1.82, 2.24) is 15.5 Å². The van der Waals surface area contributed by atoms with Crippen molar-refractivity contribution < 1.29 is 14.5 Å². The van der Waals surface area contributed by atoms with Crippen molar-refractivity contribution in [3.8, 4) is 0 Å². The van der Waals surface area contributed by atoms with Gasteiger partial charge in [-0.25, -0.2) is 0 Å².